The molecule has 1 amide bonds. The van der Waals surface area contributed by atoms with Crippen molar-refractivity contribution in [3.8, 4) is 0 Å². The molecule has 0 radical (unpaired) electrons. The van der Waals surface area contributed by atoms with Crippen LogP contribution in [-0.2, 0) is 9.53 Å². The van der Waals surface area contributed by atoms with Crippen molar-refractivity contribution in [3.63, 3.8) is 0 Å². The molecule has 5 nitrogen and oxygen atoms in total. The Kier molecular flexibility index (Phi) is 6.02. The van der Waals surface area contributed by atoms with Gasteiger partial charge in [-0.3, -0.25) is 9.69 Å². The molecular weight excluding hydrogens is 290 g/mol. The molecule has 2 fully saturated rings. The smallest absolute Gasteiger partial charge is 0.223 e. The summed E-state index contributed by atoms with van der Waals surface area (Å²) in [7, 11) is 0. The van der Waals surface area contributed by atoms with Crippen LogP contribution in [0.5, 0.6) is 0 Å². The van der Waals surface area contributed by atoms with Gasteiger partial charge in [-0.1, -0.05) is 30.3 Å². The highest BCUT2D eigenvalue weighted by molar-refractivity contribution is 5.79. The van der Waals surface area contributed by atoms with Crippen LogP contribution in [0.1, 0.15) is 24.4 Å². The lowest BCUT2D eigenvalue weighted by atomic mass is 9.96. The largest absolute Gasteiger partial charge is 0.379 e. The summed E-state index contributed by atoms with van der Waals surface area (Å²) >= 11 is 0. The molecule has 0 bridgehead atoms. The average molecular weight is 317 g/mol. The van der Waals surface area contributed by atoms with Crippen molar-refractivity contribution in [3.05, 3.63) is 35.9 Å². The predicted octanol–water partition coefficient (Wildman–Crippen LogP) is 1.18. The topological polar surface area (TPSA) is 53.6 Å². The number of ether oxygens (including phenoxy) is 1. The number of hydrogen-bond donors (Lipinski definition) is 2. The Bertz CT molecular complexity index is 482. The molecule has 2 N–H and O–H groups in total. The molecule has 2 heterocycles. The normalized spacial score (nSPS) is 21.7. The summed E-state index contributed by atoms with van der Waals surface area (Å²) in [5.74, 6) is 0.348. The van der Waals surface area contributed by atoms with Crippen molar-refractivity contribution in [2.75, 3.05) is 45.9 Å². The van der Waals surface area contributed by atoms with Gasteiger partial charge in [0, 0.05) is 25.6 Å². The van der Waals surface area contributed by atoms with Crippen molar-refractivity contribution in [1.29, 1.82) is 0 Å². The first-order chi connectivity index (χ1) is 11.3. The molecule has 0 aliphatic carbocycles. The minimum atomic E-state index is 0.0525. The Labute approximate surface area is 138 Å². The number of amides is 1. The molecule has 1 unspecified atom stereocenters. The van der Waals surface area contributed by atoms with E-state index in [9.17, 15) is 4.79 Å². The molecule has 0 spiro atoms. The fourth-order valence-electron chi connectivity index (χ4n) is 3.34. The monoisotopic (exact) mass is 317 g/mol. The summed E-state index contributed by atoms with van der Waals surface area (Å²) in [6.45, 7) is 6.17. The summed E-state index contributed by atoms with van der Waals surface area (Å²) in [6, 6.07) is 10.4. The molecule has 5 heteroatoms. The van der Waals surface area contributed by atoms with Crippen molar-refractivity contribution in [2.24, 2.45) is 5.92 Å². The van der Waals surface area contributed by atoms with Gasteiger partial charge in [-0.25, -0.2) is 0 Å². The van der Waals surface area contributed by atoms with Gasteiger partial charge in [0.15, 0.2) is 0 Å². The lowest BCUT2D eigenvalue weighted by molar-refractivity contribution is -0.126. The number of nitrogens with one attached hydrogen (secondary N) is 2. The molecule has 0 aromatic heterocycles. The third-order valence-electron chi connectivity index (χ3n) is 4.77. The van der Waals surface area contributed by atoms with Crippen LogP contribution >= 0.6 is 0 Å². The van der Waals surface area contributed by atoms with Crippen LogP contribution in [0.2, 0.25) is 0 Å². The third-order valence-corrected chi connectivity index (χ3v) is 4.77. The van der Waals surface area contributed by atoms with Gasteiger partial charge in [0.2, 0.25) is 5.91 Å². The highest BCUT2D eigenvalue weighted by Gasteiger charge is 2.25. The zero-order valence-corrected chi connectivity index (χ0v) is 13.7. The minimum absolute atomic E-state index is 0.0525. The summed E-state index contributed by atoms with van der Waals surface area (Å²) in [6.07, 6.45) is 1.87. The highest BCUT2D eigenvalue weighted by Crippen LogP contribution is 2.18. The molecule has 0 saturated carbocycles. The zero-order valence-electron chi connectivity index (χ0n) is 13.7. The number of carbonyl (C=O) groups is 1. The van der Waals surface area contributed by atoms with Crippen LogP contribution in [0.4, 0.5) is 0 Å². The average Bonchev–Trinajstić information content (AvgIpc) is 2.63. The molecule has 1 aromatic carbocycles. The fourth-order valence-corrected chi connectivity index (χ4v) is 3.34. The molecule has 126 valence electrons. The number of carbonyl (C=O) groups excluding carboxylic acids is 1. The van der Waals surface area contributed by atoms with Crippen LogP contribution in [0.25, 0.3) is 0 Å². The number of rotatable bonds is 5. The van der Waals surface area contributed by atoms with Gasteiger partial charge in [-0.2, -0.15) is 0 Å². The summed E-state index contributed by atoms with van der Waals surface area (Å²) in [5, 5.41) is 6.62. The molecule has 1 atom stereocenters. The molecule has 23 heavy (non-hydrogen) atoms. The van der Waals surface area contributed by atoms with Crippen LogP contribution < -0.4 is 10.6 Å². The quantitative estimate of drug-likeness (QED) is 0.856. The van der Waals surface area contributed by atoms with E-state index in [1.54, 1.807) is 0 Å². The van der Waals surface area contributed by atoms with E-state index in [0.717, 1.165) is 58.8 Å². The van der Waals surface area contributed by atoms with Crippen molar-refractivity contribution in [2.45, 2.75) is 18.9 Å². The zero-order chi connectivity index (χ0) is 15.9. The first-order valence-electron chi connectivity index (χ1n) is 8.69. The Balaban J connectivity index is 1.65. The lowest BCUT2D eigenvalue weighted by Gasteiger charge is -2.32. The maximum absolute atomic E-state index is 12.6. The third kappa shape index (κ3) is 4.77. The van der Waals surface area contributed by atoms with Crippen molar-refractivity contribution < 1.29 is 9.53 Å². The van der Waals surface area contributed by atoms with Crippen molar-refractivity contribution in [1.82, 2.24) is 15.5 Å². The maximum Gasteiger partial charge on any atom is 0.223 e. The summed E-state index contributed by atoms with van der Waals surface area (Å²) < 4.78 is 5.43. The number of nitrogens with zero attached hydrogens (tertiary/aromatic N) is 1. The van der Waals surface area contributed by atoms with Gasteiger partial charge < -0.3 is 15.4 Å². The second kappa shape index (κ2) is 8.43. The Morgan fingerprint density at radius 3 is 2.61 bits per heavy atom. The van der Waals surface area contributed by atoms with Gasteiger partial charge in [0.25, 0.3) is 0 Å². The first-order valence-corrected chi connectivity index (χ1v) is 8.69. The van der Waals surface area contributed by atoms with Gasteiger partial charge in [0.1, 0.15) is 0 Å². The number of benzene rings is 1. The first kappa shape index (κ1) is 16.4. The predicted molar refractivity (Wildman–Crippen MR) is 90.2 cm³/mol. The molecular formula is C18H27N3O2. The van der Waals surface area contributed by atoms with Crippen LogP contribution in [0, 0.1) is 5.92 Å². The fraction of sp³-hybridized carbons (Fsp3) is 0.611. The maximum atomic E-state index is 12.6. The van der Waals surface area contributed by atoms with E-state index in [1.807, 2.05) is 18.2 Å². The van der Waals surface area contributed by atoms with Crippen LogP contribution in [-0.4, -0.2) is 56.7 Å². The second-order valence-electron chi connectivity index (χ2n) is 6.41. The van der Waals surface area contributed by atoms with Crippen LogP contribution in [0.15, 0.2) is 30.3 Å². The van der Waals surface area contributed by atoms with E-state index in [0.29, 0.717) is 0 Å². The minimum Gasteiger partial charge on any atom is -0.379 e. The lowest BCUT2D eigenvalue weighted by Crippen LogP contribution is -2.45. The van der Waals surface area contributed by atoms with E-state index in [-0.39, 0.29) is 17.9 Å². The van der Waals surface area contributed by atoms with Crippen molar-refractivity contribution >= 4 is 5.91 Å². The molecule has 3 rings (SSSR count). The van der Waals surface area contributed by atoms with Gasteiger partial charge in [-0.15, -0.1) is 0 Å². The van der Waals surface area contributed by atoms with Gasteiger partial charge in [-0.05, 0) is 31.5 Å². The Hall–Kier alpha value is -1.43. The van der Waals surface area contributed by atoms with E-state index < -0.39 is 0 Å². The second-order valence-corrected chi connectivity index (χ2v) is 6.41. The van der Waals surface area contributed by atoms with Crippen LogP contribution in [0.3, 0.4) is 0 Å². The Morgan fingerprint density at radius 2 is 1.91 bits per heavy atom. The van der Waals surface area contributed by atoms with E-state index in [4.69, 9.17) is 4.74 Å². The van der Waals surface area contributed by atoms with E-state index in [2.05, 4.69) is 27.7 Å². The van der Waals surface area contributed by atoms with Gasteiger partial charge >= 0.3 is 0 Å². The molecule has 2 aliphatic heterocycles. The Morgan fingerprint density at radius 1 is 1.22 bits per heavy atom. The standard InChI is InChI=1S/C18H27N3O2/c22-18(16-6-8-19-9-7-16)20-17(15-4-2-1-3-5-15)14-21-10-12-23-13-11-21/h1-5,16-17,19H,6-14H2,(H,20,22). The summed E-state index contributed by atoms with van der Waals surface area (Å²) in [4.78, 5) is 15.0. The highest BCUT2D eigenvalue weighted by atomic mass is 16.5. The number of piperidine rings is 1. The molecule has 1 aromatic rings. The van der Waals surface area contributed by atoms with E-state index >= 15 is 0 Å². The number of morpholine rings is 1. The number of hydrogen-bond acceptors (Lipinski definition) is 4. The van der Waals surface area contributed by atoms with Gasteiger partial charge in [0.05, 0.1) is 19.3 Å². The summed E-state index contributed by atoms with van der Waals surface area (Å²) in [5.41, 5.74) is 1.18. The molecule has 2 aliphatic rings. The SMILES string of the molecule is O=C(NC(CN1CCOCC1)c1ccccc1)C1CCNCC1. The molecule has 2 saturated heterocycles. The van der Waals surface area contributed by atoms with E-state index in [1.165, 1.54) is 5.56 Å².